The second-order valence-corrected chi connectivity index (χ2v) is 6.39. The summed E-state index contributed by atoms with van der Waals surface area (Å²) >= 11 is 0. The SMILES string of the molecule is CN1CCCCC1C(=O)NC1(CC(=O)O)CCCCC1. The lowest BCUT2D eigenvalue weighted by Crippen LogP contribution is -2.57. The van der Waals surface area contributed by atoms with Crippen molar-refractivity contribution in [2.75, 3.05) is 13.6 Å². The second kappa shape index (κ2) is 6.57. The number of likely N-dealkylation sites (tertiary alicyclic amines) is 1. The Morgan fingerprint density at radius 1 is 1.20 bits per heavy atom. The topological polar surface area (TPSA) is 69.6 Å². The molecule has 0 radical (unpaired) electrons. The van der Waals surface area contributed by atoms with Gasteiger partial charge in [-0.15, -0.1) is 0 Å². The zero-order chi connectivity index (χ0) is 14.6. The lowest BCUT2D eigenvalue weighted by molar-refractivity contribution is -0.140. The molecule has 0 bridgehead atoms. The fourth-order valence-electron chi connectivity index (χ4n) is 3.62. The van der Waals surface area contributed by atoms with Gasteiger partial charge in [0.15, 0.2) is 0 Å². The number of hydrogen-bond donors (Lipinski definition) is 2. The molecular formula is C15H26N2O3. The van der Waals surface area contributed by atoms with Gasteiger partial charge in [-0.25, -0.2) is 0 Å². The van der Waals surface area contributed by atoms with Gasteiger partial charge < -0.3 is 10.4 Å². The summed E-state index contributed by atoms with van der Waals surface area (Å²) in [5.74, 6) is -0.792. The number of nitrogens with zero attached hydrogens (tertiary/aromatic N) is 1. The first kappa shape index (κ1) is 15.3. The zero-order valence-electron chi connectivity index (χ0n) is 12.4. The van der Waals surface area contributed by atoms with E-state index < -0.39 is 11.5 Å². The van der Waals surface area contributed by atoms with Crippen LogP contribution in [0.15, 0.2) is 0 Å². The molecule has 2 aliphatic rings. The minimum absolute atomic E-state index is 0.0235. The van der Waals surface area contributed by atoms with Crippen LogP contribution < -0.4 is 5.32 Å². The third-order valence-electron chi connectivity index (χ3n) is 4.76. The Kier molecular flexibility index (Phi) is 5.02. The van der Waals surface area contributed by atoms with Crippen molar-refractivity contribution < 1.29 is 14.7 Å². The summed E-state index contributed by atoms with van der Waals surface area (Å²) in [6.07, 6.45) is 7.89. The molecule has 1 aliphatic heterocycles. The van der Waals surface area contributed by atoms with Gasteiger partial charge in [0.25, 0.3) is 0 Å². The molecule has 2 fully saturated rings. The number of carbonyl (C=O) groups excluding carboxylic acids is 1. The number of hydrogen-bond acceptors (Lipinski definition) is 3. The molecule has 1 atom stereocenters. The predicted octanol–water partition coefficient (Wildman–Crippen LogP) is 1.76. The summed E-state index contributed by atoms with van der Waals surface area (Å²) in [4.78, 5) is 25.7. The summed E-state index contributed by atoms with van der Waals surface area (Å²) in [6, 6.07) is -0.0867. The van der Waals surface area contributed by atoms with Gasteiger partial charge >= 0.3 is 5.97 Å². The third-order valence-corrected chi connectivity index (χ3v) is 4.76. The van der Waals surface area contributed by atoms with E-state index in [2.05, 4.69) is 10.2 Å². The normalized spacial score (nSPS) is 26.9. The summed E-state index contributed by atoms with van der Waals surface area (Å²) < 4.78 is 0. The Balaban J connectivity index is 2.02. The Labute approximate surface area is 120 Å². The van der Waals surface area contributed by atoms with Crippen LogP contribution in [0.5, 0.6) is 0 Å². The van der Waals surface area contributed by atoms with E-state index in [9.17, 15) is 9.59 Å². The average molecular weight is 282 g/mol. The van der Waals surface area contributed by atoms with Gasteiger partial charge in [-0.1, -0.05) is 25.7 Å². The van der Waals surface area contributed by atoms with Crippen LogP contribution in [0.25, 0.3) is 0 Å². The van der Waals surface area contributed by atoms with Gasteiger partial charge in [-0.05, 0) is 39.3 Å². The highest BCUT2D eigenvalue weighted by molar-refractivity contribution is 5.83. The monoisotopic (exact) mass is 282 g/mol. The maximum absolute atomic E-state index is 12.5. The minimum Gasteiger partial charge on any atom is -0.481 e. The Morgan fingerprint density at radius 3 is 2.50 bits per heavy atom. The molecule has 1 saturated heterocycles. The van der Waals surface area contributed by atoms with Crippen molar-refractivity contribution in [3.8, 4) is 0 Å². The van der Waals surface area contributed by atoms with Crippen molar-refractivity contribution in [1.29, 1.82) is 0 Å². The number of carbonyl (C=O) groups is 2. The standard InChI is InChI=1S/C15H26N2O3/c1-17-10-6-3-7-12(17)14(20)16-15(11-13(18)19)8-4-2-5-9-15/h12H,2-11H2,1H3,(H,16,20)(H,18,19). The Hall–Kier alpha value is -1.10. The van der Waals surface area contributed by atoms with E-state index in [4.69, 9.17) is 5.11 Å². The first-order valence-corrected chi connectivity index (χ1v) is 7.76. The Bertz CT molecular complexity index is 364. The fraction of sp³-hybridized carbons (Fsp3) is 0.867. The van der Waals surface area contributed by atoms with E-state index in [-0.39, 0.29) is 18.4 Å². The molecule has 0 aromatic carbocycles. The number of aliphatic carboxylic acids is 1. The highest BCUT2D eigenvalue weighted by atomic mass is 16.4. The van der Waals surface area contributed by atoms with Crippen molar-refractivity contribution in [3.63, 3.8) is 0 Å². The number of nitrogens with one attached hydrogen (secondary N) is 1. The van der Waals surface area contributed by atoms with E-state index in [1.54, 1.807) is 0 Å². The highest BCUT2D eigenvalue weighted by Crippen LogP contribution is 2.31. The fourth-order valence-corrected chi connectivity index (χ4v) is 3.62. The van der Waals surface area contributed by atoms with Crippen molar-refractivity contribution in [2.45, 2.75) is 69.4 Å². The largest absolute Gasteiger partial charge is 0.481 e. The first-order chi connectivity index (χ1) is 9.52. The number of carboxylic acid groups (broad SMARTS) is 1. The molecule has 2 rings (SSSR count). The van der Waals surface area contributed by atoms with Crippen molar-refractivity contribution in [3.05, 3.63) is 0 Å². The van der Waals surface area contributed by atoms with Crippen LogP contribution >= 0.6 is 0 Å². The van der Waals surface area contributed by atoms with E-state index in [1.807, 2.05) is 7.05 Å². The molecule has 2 N–H and O–H groups in total. The number of piperidine rings is 1. The van der Waals surface area contributed by atoms with Gasteiger partial charge in [-0.3, -0.25) is 14.5 Å². The molecule has 0 aromatic rings. The van der Waals surface area contributed by atoms with Crippen LogP contribution in [0.3, 0.4) is 0 Å². The number of likely N-dealkylation sites (N-methyl/N-ethyl adjacent to an activating group) is 1. The van der Waals surface area contributed by atoms with Crippen LogP contribution in [0.2, 0.25) is 0 Å². The quantitative estimate of drug-likeness (QED) is 0.824. The average Bonchev–Trinajstić information content (AvgIpc) is 2.39. The van der Waals surface area contributed by atoms with E-state index in [0.29, 0.717) is 0 Å². The number of carboxylic acids is 1. The lowest BCUT2D eigenvalue weighted by Gasteiger charge is -2.40. The molecule has 1 heterocycles. The van der Waals surface area contributed by atoms with Crippen LogP contribution in [0, 0.1) is 0 Å². The smallest absolute Gasteiger partial charge is 0.305 e. The minimum atomic E-state index is -0.816. The Morgan fingerprint density at radius 2 is 1.90 bits per heavy atom. The molecule has 1 saturated carbocycles. The molecule has 0 aromatic heterocycles. The molecule has 1 amide bonds. The molecule has 5 nitrogen and oxygen atoms in total. The zero-order valence-corrected chi connectivity index (χ0v) is 12.4. The van der Waals surface area contributed by atoms with Crippen LogP contribution in [0.4, 0.5) is 0 Å². The van der Waals surface area contributed by atoms with E-state index >= 15 is 0 Å². The van der Waals surface area contributed by atoms with Crippen LogP contribution in [-0.2, 0) is 9.59 Å². The van der Waals surface area contributed by atoms with Gasteiger partial charge in [0.1, 0.15) is 0 Å². The lowest BCUT2D eigenvalue weighted by atomic mass is 9.79. The molecule has 1 aliphatic carbocycles. The molecule has 5 heteroatoms. The summed E-state index contributed by atoms with van der Waals surface area (Å²) in [7, 11) is 1.98. The maximum Gasteiger partial charge on any atom is 0.305 e. The molecular weight excluding hydrogens is 256 g/mol. The third kappa shape index (κ3) is 3.72. The molecule has 1 unspecified atom stereocenters. The van der Waals surface area contributed by atoms with Crippen molar-refractivity contribution in [2.24, 2.45) is 0 Å². The van der Waals surface area contributed by atoms with E-state index in [0.717, 1.165) is 57.9 Å². The number of amides is 1. The maximum atomic E-state index is 12.5. The highest BCUT2D eigenvalue weighted by Gasteiger charge is 2.38. The molecule has 20 heavy (non-hydrogen) atoms. The van der Waals surface area contributed by atoms with Crippen molar-refractivity contribution in [1.82, 2.24) is 10.2 Å². The van der Waals surface area contributed by atoms with Crippen LogP contribution in [0.1, 0.15) is 57.8 Å². The summed E-state index contributed by atoms with van der Waals surface area (Å²) in [5.41, 5.74) is -0.514. The van der Waals surface area contributed by atoms with Crippen LogP contribution in [-0.4, -0.2) is 47.1 Å². The predicted molar refractivity (Wildman–Crippen MR) is 76.5 cm³/mol. The molecule has 114 valence electrons. The van der Waals surface area contributed by atoms with E-state index in [1.165, 1.54) is 0 Å². The number of rotatable bonds is 4. The van der Waals surface area contributed by atoms with Crippen molar-refractivity contribution >= 4 is 11.9 Å². The molecule has 0 spiro atoms. The first-order valence-electron chi connectivity index (χ1n) is 7.76. The van der Waals surface area contributed by atoms with Gasteiger partial charge in [0, 0.05) is 0 Å². The summed E-state index contributed by atoms with van der Waals surface area (Å²) in [6.45, 7) is 0.948. The van der Waals surface area contributed by atoms with Gasteiger partial charge in [-0.2, -0.15) is 0 Å². The second-order valence-electron chi connectivity index (χ2n) is 6.39. The summed E-state index contributed by atoms with van der Waals surface area (Å²) in [5, 5.41) is 12.2. The van der Waals surface area contributed by atoms with Gasteiger partial charge in [0.05, 0.1) is 18.0 Å². The van der Waals surface area contributed by atoms with Gasteiger partial charge in [0.2, 0.25) is 5.91 Å².